The number of rotatable bonds is 5. The van der Waals surface area contributed by atoms with E-state index in [9.17, 15) is 4.79 Å². The molecule has 1 atom stereocenters. The molecule has 0 radical (unpaired) electrons. The lowest BCUT2D eigenvalue weighted by Gasteiger charge is -2.21. The summed E-state index contributed by atoms with van der Waals surface area (Å²) in [4.78, 5) is 15.5. The van der Waals surface area contributed by atoms with Crippen molar-refractivity contribution in [1.29, 1.82) is 0 Å². The molecule has 2 aromatic carbocycles. The SMILES string of the molecule is CCC(C)N1C(=O)/C(=C/c2cn(-c3ccccc3)nc2-c2c(C)cc(C)cc2C)SC1=S. The normalized spacial score (nSPS) is 16.3. The van der Waals surface area contributed by atoms with Crippen LogP contribution >= 0.6 is 24.0 Å². The highest BCUT2D eigenvalue weighted by Gasteiger charge is 2.35. The Morgan fingerprint density at radius 3 is 2.41 bits per heavy atom. The number of benzene rings is 2. The largest absolute Gasteiger partial charge is 0.290 e. The van der Waals surface area contributed by atoms with Gasteiger partial charge in [-0.1, -0.05) is 66.8 Å². The van der Waals surface area contributed by atoms with Crippen LogP contribution in [-0.2, 0) is 4.79 Å². The van der Waals surface area contributed by atoms with Gasteiger partial charge in [0.2, 0.25) is 0 Å². The van der Waals surface area contributed by atoms with E-state index in [4.69, 9.17) is 17.3 Å². The van der Waals surface area contributed by atoms with E-state index in [1.54, 1.807) is 4.90 Å². The molecule has 32 heavy (non-hydrogen) atoms. The maximum absolute atomic E-state index is 13.1. The minimum atomic E-state index is -0.0230. The maximum atomic E-state index is 13.1. The van der Waals surface area contributed by atoms with Gasteiger partial charge in [-0.25, -0.2) is 4.68 Å². The van der Waals surface area contributed by atoms with Gasteiger partial charge in [0.25, 0.3) is 5.91 Å². The van der Waals surface area contributed by atoms with Crippen LogP contribution in [0.15, 0.2) is 53.6 Å². The predicted molar refractivity (Wildman–Crippen MR) is 138 cm³/mol. The van der Waals surface area contributed by atoms with Gasteiger partial charge >= 0.3 is 0 Å². The Hall–Kier alpha value is -2.70. The van der Waals surface area contributed by atoms with E-state index in [0.717, 1.165) is 28.9 Å². The lowest BCUT2D eigenvalue weighted by atomic mass is 9.95. The molecule has 4 nitrogen and oxygen atoms in total. The molecule has 0 N–H and O–H groups in total. The van der Waals surface area contributed by atoms with Crippen molar-refractivity contribution in [2.24, 2.45) is 0 Å². The van der Waals surface area contributed by atoms with Gasteiger partial charge in [0.05, 0.1) is 10.6 Å². The number of thioether (sulfide) groups is 1. The Morgan fingerprint density at radius 1 is 1.12 bits per heavy atom. The van der Waals surface area contributed by atoms with E-state index in [1.165, 1.54) is 28.5 Å². The second kappa shape index (κ2) is 9.04. The summed E-state index contributed by atoms with van der Waals surface area (Å²) in [6.07, 6.45) is 4.81. The highest BCUT2D eigenvalue weighted by molar-refractivity contribution is 8.26. The van der Waals surface area contributed by atoms with Crippen molar-refractivity contribution in [3.63, 3.8) is 0 Å². The van der Waals surface area contributed by atoms with Gasteiger partial charge in [0.1, 0.15) is 10.0 Å². The summed E-state index contributed by atoms with van der Waals surface area (Å²) in [5, 5.41) is 4.96. The molecule has 164 valence electrons. The van der Waals surface area contributed by atoms with Crippen molar-refractivity contribution in [3.05, 3.63) is 75.8 Å². The van der Waals surface area contributed by atoms with Crippen molar-refractivity contribution in [3.8, 4) is 16.9 Å². The second-order valence-electron chi connectivity index (χ2n) is 8.30. The number of para-hydroxylation sites is 1. The average molecular weight is 462 g/mol. The molecule has 1 fully saturated rings. The highest BCUT2D eigenvalue weighted by Crippen LogP contribution is 2.37. The molecule has 0 saturated carbocycles. The summed E-state index contributed by atoms with van der Waals surface area (Å²) in [6.45, 7) is 10.4. The van der Waals surface area contributed by atoms with Gasteiger partial charge in [0, 0.05) is 23.4 Å². The number of hydrogen-bond donors (Lipinski definition) is 0. The fourth-order valence-electron chi connectivity index (χ4n) is 4.14. The van der Waals surface area contributed by atoms with Crippen LogP contribution in [0.3, 0.4) is 0 Å². The second-order valence-corrected chi connectivity index (χ2v) is 9.97. The predicted octanol–water partition coefficient (Wildman–Crippen LogP) is 6.46. The summed E-state index contributed by atoms with van der Waals surface area (Å²) in [6, 6.07) is 14.5. The lowest BCUT2D eigenvalue weighted by molar-refractivity contribution is -0.123. The zero-order valence-electron chi connectivity index (χ0n) is 19.0. The fourth-order valence-corrected chi connectivity index (χ4v) is 5.59. The van der Waals surface area contributed by atoms with Gasteiger partial charge < -0.3 is 0 Å². The van der Waals surface area contributed by atoms with Crippen LogP contribution in [0.4, 0.5) is 0 Å². The summed E-state index contributed by atoms with van der Waals surface area (Å²) in [5.41, 5.74) is 7.43. The van der Waals surface area contributed by atoms with Gasteiger partial charge in [0.15, 0.2) is 0 Å². The van der Waals surface area contributed by atoms with Crippen molar-refractivity contribution >= 4 is 40.3 Å². The number of amides is 1. The van der Waals surface area contributed by atoms with Crippen LogP contribution in [0.5, 0.6) is 0 Å². The molecule has 2 heterocycles. The first-order chi connectivity index (χ1) is 15.3. The summed E-state index contributed by atoms with van der Waals surface area (Å²) < 4.78 is 2.50. The molecule has 6 heteroatoms. The molecule has 1 unspecified atom stereocenters. The van der Waals surface area contributed by atoms with E-state index in [2.05, 4.69) is 39.8 Å². The third-order valence-corrected chi connectivity index (χ3v) is 7.15. The summed E-state index contributed by atoms with van der Waals surface area (Å²) in [5.74, 6) is -0.0230. The Morgan fingerprint density at radius 2 is 1.78 bits per heavy atom. The van der Waals surface area contributed by atoms with E-state index in [-0.39, 0.29) is 11.9 Å². The van der Waals surface area contributed by atoms with E-state index in [0.29, 0.717) is 9.23 Å². The summed E-state index contributed by atoms with van der Waals surface area (Å²) >= 11 is 6.90. The number of nitrogens with zero attached hydrogens (tertiary/aromatic N) is 3. The van der Waals surface area contributed by atoms with Crippen molar-refractivity contribution < 1.29 is 4.79 Å². The first kappa shape index (κ1) is 22.5. The Kier molecular flexibility index (Phi) is 6.35. The van der Waals surface area contributed by atoms with E-state index >= 15 is 0 Å². The molecule has 1 saturated heterocycles. The highest BCUT2D eigenvalue weighted by atomic mass is 32.2. The molecule has 0 bridgehead atoms. The van der Waals surface area contributed by atoms with Crippen LogP contribution in [-0.4, -0.2) is 30.9 Å². The third kappa shape index (κ3) is 4.17. The van der Waals surface area contributed by atoms with E-state index in [1.807, 2.05) is 54.2 Å². The number of hydrogen-bond acceptors (Lipinski definition) is 4. The fraction of sp³-hybridized carbons (Fsp3) is 0.269. The zero-order valence-corrected chi connectivity index (χ0v) is 20.7. The monoisotopic (exact) mass is 461 g/mol. The number of aromatic nitrogens is 2. The molecule has 1 aliphatic heterocycles. The van der Waals surface area contributed by atoms with Crippen molar-refractivity contribution in [1.82, 2.24) is 14.7 Å². The van der Waals surface area contributed by atoms with Crippen molar-refractivity contribution in [2.75, 3.05) is 0 Å². The van der Waals surface area contributed by atoms with E-state index < -0.39 is 0 Å². The maximum Gasteiger partial charge on any atom is 0.266 e. The topological polar surface area (TPSA) is 38.1 Å². The quantitative estimate of drug-likeness (QED) is 0.323. The minimum Gasteiger partial charge on any atom is -0.290 e. The molecular weight excluding hydrogens is 434 g/mol. The number of aryl methyl sites for hydroxylation is 3. The number of thiocarbonyl (C=S) groups is 1. The molecule has 1 aromatic heterocycles. The standard InChI is InChI=1S/C26H27N3OS2/c1-6-19(5)29-25(30)22(32-26(29)31)14-20-15-28(21-10-8-7-9-11-21)27-24(20)23-17(3)12-16(2)13-18(23)4/h7-15,19H,6H2,1-5H3/b22-14-. The van der Waals surface area contributed by atoms with Crippen LogP contribution in [0.2, 0.25) is 0 Å². The van der Waals surface area contributed by atoms with Gasteiger partial charge in [-0.2, -0.15) is 5.10 Å². The molecule has 0 spiro atoms. The van der Waals surface area contributed by atoms with Gasteiger partial charge in [-0.15, -0.1) is 0 Å². The molecule has 0 aliphatic carbocycles. The van der Waals surface area contributed by atoms with Crippen LogP contribution in [0, 0.1) is 20.8 Å². The minimum absolute atomic E-state index is 0.0230. The zero-order chi connectivity index (χ0) is 23.0. The Bertz CT molecular complexity index is 1200. The molecule has 4 rings (SSSR count). The van der Waals surface area contributed by atoms with Crippen LogP contribution in [0.25, 0.3) is 23.0 Å². The van der Waals surface area contributed by atoms with Crippen LogP contribution < -0.4 is 0 Å². The smallest absolute Gasteiger partial charge is 0.266 e. The number of carbonyl (C=O) groups excluding carboxylic acids is 1. The first-order valence-corrected chi connectivity index (χ1v) is 12.0. The molecule has 3 aromatic rings. The molecule has 1 aliphatic rings. The molecular formula is C26H27N3OS2. The van der Waals surface area contributed by atoms with Crippen LogP contribution in [0.1, 0.15) is 42.5 Å². The number of carbonyl (C=O) groups is 1. The molecule has 1 amide bonds. The third-order valence-electron chi connectivity index (χ3n) is 5.82. The first-order valence-electron chi connectivity index (χ1n) is 10.8. The van der Waals surface area contributed by atoms with Gasteiger partial charge in [-0.3, -0.25) is 9.69 Å². The Labute approximate surface area is 199 Å². The van der Waals surface area contributed by atoms with Crippen molar-refractivity contribution in [2.45, 2.75) is 47.1 Å². The lowest BCUT2D eigenvalue weighted by Crippen LogP contribution is -2.36. The average Bonchev–Trinajstić information content (AvgIpc) is 3.28. The van der Waals surface area contributed by atoms with Gasteiger partial charge in [-0.05, 0) is 63.5 Å². The Balaban J connectivity index is 1.87. The summed E-state index contributed by atoms with van der Waals surface area (Å²) in [7, 11) is 0.